The highest BCUT2D eigenvalue weighted by molar-refractivity contribution is 5.95. The smallest absolute Gasteiger partial charge is 0.251 e. The zero-order valence-corrected chi connectivity index (χ0v) is 11.2. The van der Waals surface area contributed by atoms with Crippen LogP contribution < -0.4 is 10.6 Å². The molecule has 0 saturated heterocycles. The second-order valence-electron chi connectivity index (χ2n) is 4.41. The Morgan fingerprint density at radius 3 is 2.83 bits per heavy atom. The fourth-order valence-corrected chi connectivity index (χ4v) is 1.83. The maximum Gasteiger partial charge on any atom is 0.251 e. The summed E-state index contributed by atoms with van der Waals surface area (Å²) in [6, 6.07) is 7.86. The molecule has 0 radical (unpaired) electrons. The van der Waals surface area contributed by atoms with Crippen molar-refractivity contribution in [3.8, 4) is 0 Å². The molecule has 0 fully saturated rings. The van der Waals surface area contributed by atoms with E-state index in [9.17, 15) is 4.79 Å². The number of hydrogen-bond donors (Lipinski definition) is 2. The maximum atomic E-state index is 12.1. The van der Waals surface area contributed by atoms with Crippen molar-refractivity contribution in [3.05, 3.63) is 48.0 Å². The molecule has 3 nitrogen and oxygen atoms in total. The minimum absolute atomic E-state index is 0.00365. The molecule has 3 heteroatoms. The number of likely N-dealkylation sites (N-methyl/N-ethyl adjacent to an activating group) is 1. The van der Waals surface area contributed by atoms with E-state index in [-0.39, 0.29) is 11.9 Å². The summed E-state index contributed by atoms with van der Waals surface area (Å²) in [5, 5.41) is 6.08. The van der Waals surface area contributed by atoms with Crippen molar-refractivity contribution in [2.24, 2.45) is 0 Å². The van der Waals surface area contributed by atoms with Gasteiger partial charge in [-0.15, -0.1) is 6.58 Å². The van der Waals surface area contributed by atoms with Crippen LogP contribution in [0.3, 0.4) is 0 Å². The van der Waals surface area contributed by atoms with E-state index in [0.29, 0.717) is 0 Å². The second kappa shape index (κ2) is 7.67. The van der Waals surface area contributed by atoms with Crippen LogP contribution in [-0.2, 0) is 6.42 Å². The number of amides is 1. The Labute approximate surface area is 109 Å². The van der Waals surface area contributed by atoms with Gasteiger partial charge in [0, 0.05) is 11.6 Å². The van der Waals surface area contributed by atoms with E-state index < -0.39 is 0 Å². The number of carbonyl (C=O) groups excluding carboxylic acids is 1. The monoisotopic (exact) mass is 246 g/mol. The lowest BCUT2D eigenvalue weighted by atomic mass is 10.0. The highest BCUT2D eigenvalue weighted by Crippen LogP contribution is 2.10. The summed E-state index contributed by atoms with van der Waals surface area (Å²) in [6.07, 6.45) is 3.46. The molecule has 0 aliphatic carbocycles. The largest absolute Gasteiger partial charge is 0.349 e. The lowest BCUT2D eigenvalue weighted by molar-refractivity contribution is 0.0939. The van der Waals surface area contributed by atoms with Crippen molar-refractivity contribution in [2.45, 2.75) is 25.8 Å². The summed E-state index contributed by atoms with van der Waals surface area (Å²) in [4.78, 5) is 12.1. The van der Waals surface area contributed by atoms with Gasteiger partial charge in [0.15, 0.2) is 0 Å². The molecule has 0 saturated carbocycles. The van der Waals surface area contributed by atoms with Crippen LogP contribution >= 0.6 is 0 Å². The lowest BCUT2D eigenvalue weighted by Crippen LogP contribution is -2.32. The van der Waals surface area contributed by atoms with E-state index in [4.69, 9.17) is 0 Å². The van der Waals surface area contributed by atoms with Gasteiger partial charge in [0.1, 0.15) is 0 Å². The highest BCUT2D eigenvalue weighted by Gasteiger charge is 2.12. The van der Waals surface area contributed by atoms with E-state index in [1.165, 1.54) is 0 Å². The Balaban J connectivity index is 2.74. The molecular weight excluding hydrogens is 224 g/mol. The number of rotatable bonds is 7. The van der Waals surface area contributed by atoms with Crippen LogP contribution in [0.4, 0.5) is 0 Å². The van der Waals surface area contributed by atoms with Crippen LogP contribution in [0.5, 0.6) is 0 Å². The van der Waals surface area contributed by atoms with Crippen LogP contribution in [0.15, 0.2) is 36.9 Å². The summed E-state index contributed by atoms with van der Waals surface area (Å²) in [7, 11) is 1.91. The third-order valence-corrected chi connectivity index (χ3v) is 2.80. The number of carbonyl (C=O) groups is 1. The molecule has 1 rings (SSSR count). The van der Waals surface area contributed by atoms with Gasteiger partial charge < -0.3 is 10.6 Å². The summed E-state index contributed by atoms with van der Waals surface area (Å²) in [6.45, 7) is 6.53. The van der Waals surface area contributed by atoms with E-state index in [1.807, 2.05) is 44.3 Å². The Morgan fingerprint density at radius 2 is 2.17 bits per heavy atom. The summed E-state index contributed by atoms with van der Waals surface area (Å²) in [5.74, 6) is -0.00365. The zero-order chi connectivity index (χ0) is 13.4. The third-order valence-electron chi connectivity index (χ3n) is 2.80. The fourth-order valence-electron chi connectivity index (χ4n) is 1.83. The molecule has 1 atom stereocenters. The van der Waals surface area contributed by atoms with Gasteiger partial charge in [-0.2, -0.15) is 0 Å². The van der Waals surface area contributed by atoms with Gasteiger partial charge in [-0.25, -0.2) is 0 Å². The van der Waals surface area contributed by atoms with E-state index >= 15 is 0 Å². The third kappa shape index (κ3) is 4.34. The minimum Gasteiger partial charge on any atom is -0.349 e. The van der Waals surface area contributed by atoms with E-state index in [0.717, 1.165) is 30.5 Å². The van der Waals surface area contributed by atoms with Crippen LogP contribution in [0.2, 0.25) is 0 Å². The Morgan fingerprint density at radius 1 is 1.44 bits per heavy atom. The Hall–Kier alpha value is -1.61. The summed E-state index contributed by atoms with van der Waals surface area (Å²) >= 11 is 0. The van der Waals surface area contributed by atoms with Crippen molar-refractivity contribution in [3.63, 3.8) is 0 Å². The van der Waals surface area contributed by atoms with E-state index in [2.05, 4.69) is 17.2 Å². The van der Waals surface area contributed by atoms with Crippen LogP contribution in [0.1, 0.15) is 29.3 Å². The first kappa shape index (κ1) is 14.5. The molecule has 0 aliphatic rings. The Bertz CT molecular complexity index is 401. The zero-order valence-electron chi connectivity index (χ0n) is 11.2. The molecule has 0 aliphatic heterocycles. The molecule has 0 aromatic heterocycles. The normalized spacial score (nSPS) is 11.9. The first-order chi connectivity index (χ1) is 8.69. The van der Waals surface area contributed by atoms with Gasteiger partial charge in [0.2, 0.25) is 0 Å². The number of nitrogens with one attached hydrogen (secondary N) is 2. The second-order valence-corrected chi connectivity index (χ2v) is 4.41. The molecule has 1 unspecified atom stereocenters. The van der Waals surface area contributed by atoms with Gasteiger partial charge in [0.25, 0.3) is 5.91 Å². The van der Waals surface area contributed by atoms with Crippen LogP contribution in [0, 0.1) is 0 Å². The molecule has 0 heterocycles. The molecule has 0 spiro atoms. The molecule has 0 bridgehead atoms. The van der Waals surface area contributed by atoms with E-state index in [1.54, 1.807) is 0 Å². The minimum atomic E-state index is -0.00365. The molecule has 2 N–H and O–H groups in total. The summed E-state index contributed by atoms with van der Waals surface area (Å²) in [5.41, 5.74) is 1.85. The number of hydrogen-bond acceptors (Lipinski definition) is 2. The van der Waals surface area contributed by atoms with Gasteiger partial charge >= 0.3 is 0 Å². The van der Waals surface area contributed by atoms with Gasteiger partial charge in [-0.1, -0.05) is 24.3 Å². The maximum absolute atomic E-state index is 12.1. The average molecular weight is 246 g/mol. The quantitative estimate of drug-likeness (QED) is 0.724. The predicted molar refractivity (Wildman–Crippen MR) is 75.8 cm³/mol. The molecule has 1 aromatic rings. The van der Waals surface area contributed by atoms with Crippen molar-refractivity contribution < 1.29 is 4.79 Å². The lowest BCUT2D eigenvalue weighted by Gasteiger charge is -2.14. The molecule has 98 valence electrons. The van der Waals surface area contributed by atoms with Crippen LogP contribution in [-0.4, -0.2) is 25.5 Å². The molecule has 18 heavy (non-hydrogen) atoms. The van der Waals surface area contributed by atoms with Crippen molar-refractivity contribution >= 4 is 5.91 Å². The molecule has 1 aromatic carbocycles. The van der Waals surface area contributed by atoms with Crippen LogP contribution in [0.25, 0.3) is 0 Å². The topological polar surface area (TPSA) is 41.1 Å². The first-order valence-electron chi connectivity index (χ1n) is 6.33. The summed E-state index contributed by atoms with van der Waals surface area (Å²) < 4.78 is 0. The van der Waals surface area contributed by atoms with Gasteiger partial charge in [-0.05, 0) is 45.0 Å². The first-order valence-corrected chi connectivity index (χ1v) is 6.33. The van der Waals surface area contributed by atoms with Crippen molar-refractivity contribution in [1.29, 1.82) is 0 Å². The molecule has 1 amide bonds. The van der Waals surface area contributed by atoms with Crippen molar-refractivity contribution in [1.82, 2.24) is 10.6 Å². The SMILES string of the molecule is C=CCC(C)NC(=O)c1ccccc1CCNC. The van der Waals surface area contributed by atoms with Crippen molar-refractivity contribution in [2.75, 3.05) is 13.6 Å². The molecular formula is C15H22N2O. The standard InChI is InChI=1S/C15H22N2O/c1-4-7-12(2)17-15(18)14-9-6-5-8-13(14)10-11-16-3/h4-6,8-9,12,16H,1,7,10-11H2,2-3H3,(H,17,18). The fraction of sp³-hybridized carbons (Fsp3) is 0.400. The average Bonchev–Trinajstić information content (AvgIpc) is 2.36. The Kier molecular flexibility index (Phi) is 6.15. The highest BCUT2D eigenvalue weighted by atomic mass is 16.1. The predicted octanol–water partition coefficient (Wildman–Crippen LogP) is 2.14. The van der Waals surface area contributed by atoms with Gasteiger partial charge in [0.05, 0.1) is 0 Å². The number of benzene rings is 1. The van der Waals surface area contributed by atoms with Gasteiger partial charge in [-0.3, -0.25) is 4.79 Å².